The van der Waals surface area contributed by atoms with Crippen LogP contribution in [0.3, 0.4) is 0 Å². The molecule has 5 heterocycles. The zero-order chi connectivity index (χ0) is 70.4. The summed E-state index contributed by atoms with van der Waals surface area (Å²) in [6.07, 6.45) is -47.6. The van der Waals surface area contributed by atoms with Gasteiger partial charge in [-0.3, -0.25) is 30.4 Å². The van der Waals surface area contributed by atoms with Gasteiger partial charge in [-0.25, -0.2) is 43.2 Å². The predicted octanol–water partition coefficient (Wildman–Crippen LogP) is -2.33. The van der Waals surface area contributed by atoms with Crippen LogP contribution in [0.1, 0.15) is 0 Å². The number of nitrogens with zero attached hydrogens (tertiary/aromatic N) is 3. The Bertz CT molecular complexity index is 2700. The van der Waals surface area contributed by atoms with Crippen LogP contribution in [0, 0.1) is 0 Å². The molecule has 0 aromatic heterocycles. The largest absolute Gasteiger partial charge is 0.479 e. The van der Waals surface area contributed by atoms with E-state index in [0.717, 1.165) is 49.8 Å². The fourth-order valence-corrected chi connectivity index (χ4v) is 12.2. The quantitative estimate of drug-likeness (QED) is 0.00452. The minimum Gasteiger partial charge on any atom is -0.479 e. The maximum Gasteiger partial charge on any atom is 0.397 e. The summed E-state index contributed by atoms with van der Waals surface area (Å²) in [5.41, 5.74) is 9.61. The third-order valence-corrected chi connectivity index (χ3v) is 16.4. The van der Waals surface area contributed by atoms with Crippen LogP contribution in [0.2, 0.25) is 0 Å². The SMILES string of the molecule is COC1C(OC)[C@H](O[C@H]2O[C@H](COS(=O)(=O)O)[C@@H](O[C@@H]3OC(C(=O)O)[C@H](O[C@@H]4OC(COS(=O)(=O)O)[C@H](OC)[C@H](OC)C4N=[N+]=[N-])[C@H](OC)C3OC)C(OSOOO)C2OSOOO)[C@H](C(=O)O)O[C@@H]1O[C@H]1C(COS(=O)(=O)O)O[C@@H](OC)C(OSOOO)[C@H]1OSOOO. The average molecular weight is 1540 g/mol. The summed E-state index contributed by atoms with van der Waals surface area (Å²) in [6.45, 7) is -3.66. The lowest BCUT2D eigenvalue weighted by Gasteiger charge is -2.51. The van der Waals surface area contributed by atoms with E-state index in [1.54, 1.807) is 0 Å². The molecule has 0 saturated carbocycles. The molecule has 0 spiro atoms. The Morgan fingerprint density at radius 3 is 1.03 bits per heavy atom. The normalized spacial score (nSPS) is 36.5. The van der Waals surface area contributed by atoms with E-state index < -0.39 is 216 Å². The summed E-state index contributed by atoms with van der Waals surface area (Å²) in [7, 11) is -8.93. The lowest BCUT2D eigenvalue weighted by atomic mass is 9.94. The molecule has 58 heteroatoms. The molecule has 0 aliphatic carbocycles. The number of carboxylic acid groups (broad SMARTS) is 2. The second-order valence-electron chi connectivity index (χ2n) is 18.4. The van der Waals surface area contributed by atoms with E-state index in [2.05, 4.69) is 60.1 Å². The Kier molecular flexibility index (Phi) is 35.7. The van der Waals surface area contributed by atoms with E-state index in [0.29, 0.717) is 0 Å². The Hall–Kier alpha value is -2.02. The summed E-state index contributed by atoms with van der Waals surface area (Å²) < 4.78 is 247. The molecule has 5 saturated heterocycles. The number of methoxy groups -OCH3 is 7. The first-order valence-electron chi connectivity index (χ1n) is 25.3. The van der Waals surface area contributed by atoms with Crippen LogP contribution in [-0.4, -0.2) is 305 Å². The van der Waals surface area contributed by atoms with E-state index in [-0.39, 0.29) is 49.3 Å². The van der Waals surface area contributed by atoms with Crippen molar-refractivity contribution < 1.29 is 222 Å². The molecule has 0 bridgehead atoms. The van der Waals surface area contributed by atoms with E-state index in [4.69, 9.17) is 108 Å². The summed E-state index contributed by atoms with van der Waals surface area (Å²) in [6, 6.07) is -1.64. The zero-order valence-electron chi connectivity index (χ0n) is 48.7. The molecule has 0 aromatic carbocycles. The summed E-state index contributed by atoms with van der Waals surface area (Å²) >= 11 is -0.873. The van der Waals surface area contributed by atoms with Crippen LogP contribution in [0.4, 0.5) is 0 Å². The van der Waals surface area contributed by atoms with Crippen molar-refractivity contribution in [3.05, 3.63) is 10.4 Å². The van der Waals surface area contributed by atoms with Gasteiger partial charge in [0.05, 0.1) is 25.9 Å². The monoisotopic (exact) mass is 1540 g/mol. The van der Waals surface area contributed by atoms with Crippen LogP contribution in [0.15, 0.2) is 5.11 Å². The molecular weight excluding hydrogens is 1480 g/mol. The molecule has 51 nitrogen and oxygen atoms in total. The molecule has 554 valence electrons. The summed E-state index contributed by atoms with van der Waals surface area (Å²) in [5.74, 6) is -3.88. The van der Waals surface area contributed by atoms with Gasteiger partial charge in [-0.1, -0.05) is 25.3 Å². The van der Waals surface area contributed by atoms with Gasteiger partial charge in [-0.2, -0.15) is 25.3 Å². The van der Waals surface area contributed by atoms with Gasteiger partial charge >= 0.3 is 43.1 Å². The number of carbonyl (C=O) groups is 2. The van der Waals surface area contributed by atoms with Gasteiger partial charge in [-0.15, -0.1) is 17.3 Å². The number of rotatable bonds is 43. The van der Waals surface area contributed by atoms with Crippen molar-refractivity contribution in [1.29, 1.82) is 0 Å². The molecule has 5 aliphatic heterocycles. The molecule has 0 amide bonds. The van der Waals surface area contributed by atoms with Gasteiger partial charge in [0.25, 0.3) is 0 Å². The first kappa shape index (κ1) is 83.6. The Labute approximate surface area is 551 Å². The van der Waals surface area contributed by atoms with Gasteiger partial charge in [-0.05, 0) is 5.53 Å². The number of carboxylic acids is 2. The molecular formula is C37H61N3O48S7. The molecule has 5 fully saturated rings. The first-order valence-corrected chi connectivity index (χ1v) is 32.1. The fraction of sp³-hybridized carbons (Fsp3) is 0.946. The highest BCUT2D eigenvalue weighted by Crippen LogP contribution is 2.42. The fourth-order valence-electron chi connectivity index (χ4n) is 9.90. The van der Waals surface area contributed by atoms with Gasteiger partial charge in [0.1, 0.15) is 91.5 Å². The third-order valence-electron chi connectivity index (χ3n) is 13.5. The molecule has 5 rings (SSSR count). The second kappa shape index (κ2) is 40.6. The van der Waals surface area contributed by atoms with Gasteiger partial charge in [0.2, 0.25) is 0 Å². The topological polar surface area (TPSA) is 654 Å². The molecule has 0 radical (unpaired) electrons. The lowest BCUT2D eigenvalue weighted by Crippen LogP contribution is -2.69. The molecule has 5 aliphatic rings. The van der Waals surface area contributed by atoms with Crippen LogP contribution in [0.5, 0.6) is 0 Å². The maximum atomic E-state index is 13.5. The zero-order valence-corrected chi connectivity index (χ0v) is 54.4. The molecule has 10 unspecified atom stereocenters. The van der Waals surface area contributed by atoms with Crippen molar-refractivity contribution in [2.24, 2.45) is 5.11 Å². The maximum absolute atomic E-state index is 13.5. The summed E-state index contributed by atoms with van der Waals surface area (Å²) in [5, 5.41) is 75.6. The molecule has 25 atom stereocenters. The molecule has 0 aromatic rings. The van der Waals surface area contributed by atoms with Crippen molar-refractivity contribution in [1.82, 2.24) is 0 Å². The number of hydrogen-bond donors (Lipinski definition) is 9. The third kappa shape index (κ3) is 23.8. The Morgan fingerprint density at radius 2 is 0.705 bits per heavy atom. The standard InChI is InChI=1S/C37H61N3O48S7/c1-58-15-11(8-65-93(49,50)51)68-33(14(39-40-38)18(15)59-2)73-21-19(60-3)27(62-5)35(75-25(21)31(41)42)72-17-13(10-67-95(55,56)57)70-37(30(80-92-88-84-48)24(17)78-90-86-82-46)74-22-20(61-4)28(63-6)36(76-26(22)32(43)44)71-16-12(9-66-94(52,53)54)69-34(64-7)29(79-91-87-83-47)23(16)77-89-85-81-45/h11-30,33-37,45-48H,8-10H2,1-7H3,(H,41,42)(H,43,44)(H,49,50,51)(H,52,53,54)(H,55,56,57)/t11?,12?,13-,14?,15+,16+,17-,18-,19+,20?,21-,22+,23+,24?,25?,26-,27?,28?,29?,30?,33+,34-,35-,36+,37-/m1/s1. The van der Waals surface area contributed by atoms with E-state index in [1.165, 1.54) is 0 Å². The van der Waals surface area contributed by atoms with E-state index in [9.17, 15) is 69.5 Å². The van der Waals surface area contributed by atoms with Crippen molar-refractivity contribution >= 4 is 92.4 Å². The van der Waals surface area contributed by atoms with Crippen LogP contribution < -0.4 is 0 Å². The van der Waals surface area contributed by atoms with Crippen molar-refractivity contribution in [2.45, 2.75) is 153 Å². The van der Waals surface area contributed by atoms with Crippen molar-refractivity contribution in [3.63, 3.8) is 0 Å². The molecule has 9 N–H and O–H groups in total. The lowest BCUT2D eigenvalue weighted by molar-refractivity contribution is -0.437. The number of aliphatic carboxylic acids is 2. The van der Waals surface area contributed by atoms with Crippen molar-refractivity contribution in [3.8, 4) is 0 Å². The van der Waals surface area contributed by atoms with Gasteiger partial charge < -0.3 is 86.0 Å². The second-order valence-corrected chi connectivity index (χ2v) is 23.5. The summed E-state index contributed by atoms with van der Waals surface area (Å²) in [4.78, 5) is 29.6. The Morgan fingerprint density at radius 1 is 0.400 bits per heavy atom. The van der Waals surface area contributed by atoms with Crippen LogP contribution >= 0.6 is 49.3 Å². The molecule has 95 heavy (non-hydrogen) atoms. The minimum atomic E-state index is -5.56. The smallest absolute Gasteiger partial charge is 0.397 e. The highest BCUT2D eigenvalue weighted by molar-refractivity contribution is 7.90. The average Bonchev–Trinajstić information content (AvgIpc) is 0.767. The number of ether oxygens (including phenoxy) is 16. The van der Waals surface area contributed by atoms with E-state index >= 15 is 0 Å². The van der Waals surface area contributed by atoms with Crippen molar-refractivity contribution in [2.75, 3.05) is 69.6 Å². The van der Waals surface area contributed by atoms with Gasteiger partial charge in [0, 0.05) is 54.7 Å². The highest BCUT2D eigenvalue weighted by atomic mass is 32.3. The van der Waals surface area contributed by atoms with E-state index in [1.807, 2.05) is 0 Å². The first-order chi connectivity index (χ1) is 45.2. The Balaban J connectivity index is 1.60. The minimum absolute atomic E-state index is 0.107. The number of azide groups is 1. The highest BCUT2D eigenvalue weighted by Gasteiger charge is 2.61. The van der Waals surface area contributed by atoms with Crippen LogP contribution in [-0.2, 0) is 183 Å². The van der Waals surface area contributed by atoms with Crippen LogP contribution in [0.25, 0.3) is 10.4 Å². The number of hydrogen-bond acceptors (Lipinski definition) is 48. The predicted molar refractivity (Wildman–Crippen MR) is 284 cm³/mol. The van der Waals surface area contributed by atoms with Gasteiger partial charge in [0.15, 0.2) is 105 Å².